The van der Waals surface area contributed by atoms with E-state index in [4.69, 9.17) is 0 Å². The smallest absolute Gasteiger partial charge is 0.243 e. The van der Waals surface area contributed by atoms with Gasteiger partial charge in [0.25, 0.3) is 0 Å². The van der Waals surface area contributed by atoms with Gasteiger partial charge in [-0.05, 0) is 37.7 Å². The number of amides is 1. The Morgan fingerprint density at radius 1 is 1.19 bits per heavy atom. The molecule has 21 heavy (non-hydrogen) atoms. The van der Waals surface area contributed by atoms with E-state index in [1.807, 2.05) is 7.05 Å². The molecule has 1 fully saturated rings. The van der Waals surface area contributed by atoms with Crippen molar-refractivity contribution in [1.82, 2.24) is 9.21 Å². The molecule has 6 nitrogen and oxygen atoms in total. The summed E-state index contributed by atoms with van der Waals surface area (Å²) in [5, 5.41) is 2.76. The van der Waals surface area contributed by atoms with Crippen LogP contribution in [-0.4, -0.2) is 56.8 Å². The molecule has 0 aromatic heterocycles. The summed E-state index contributed by atoms with van der Waals surface area (Å²) in [5.74, 6) is -0.387. The lowest BCUT2D eigenvalue weighted by atomic mass is 10.0. The molecule has 1 N–H and O–H groups in total. The summed E-state index contributed by atoms with van der Waals surface area (Å²) in [6.45, 7) is 4.26. The number of anilines is 1. The van der Waals surface area contributed by atoms with Gasteiger partial charge in [0.05, 0.1) is 10.8 Å². The summed E-state index contributed by atoms with van der Waals surface area (Å²) in [7, 11) is -1.50. The van der Waals surface area contributed by atoms with Crippen molar-refractivity contribution in [3.8, 4) is 0 Å². The Bertz CT molecular complexity index is 679. The molecule has 0 spiro atoms. The molecule has 1 amide bonds. The van der Waals surface area contributed by atoms with E-state index in [2.05, 4.69) is 10.2 Å². The fourth-order valence-electron chi connectivity index (χ4n) is 2.73. The Morgan fingerprint density at radius 2 is 1.86 bits per heavy atom. The number of hydrogen-bond donors (Lipinski definition) is 1. The van der Waals surface area contributed by atoms with Crippen LogP contribution >= 0.6 is 0 Å². The second kappa shape index (κ2) is 5.08. The Labute approximate surface area is 124 Å². The standard InChI is InChI=1S/C14H19N3O3S/c1-10-12-9-11(3-4-13(12)15-14(10)18)21(19,20)17-7-5-16(2)6-8-17/h3-4,9-10H,5-8H2,1-2H3,(H,15,18). The van der Waals surface area contributed by atoms with Crippen molar-refractivity contribution in [3.05, 3.63) is 23.8 Å². The maximum atomic E-state index is 12.7. The molecule has 114 valence electrons. The highest BCUT2D eigenvalue weighted by Gasteiger charge is 2.31. The van der Waals surface area contributed by atoms with E-state index in [1.165, 1.54) is 4.31 Å². The minimum atomic E-state index is -3.48. The number of hydrogen-bond acceptors (Lipinski definition) is 4. The van der Waals surface area contributed by atoms with Gasteiger partial charge in [-0.3, -0.25) is 4.79 Å². The maximum Gasteiger partial charge on any atom is 0.243 e. The van der Waals surface area contributed by atoms with E-state index in [1.54, 1.807) is 25.1 Å². The first-order valence-electron chi connectivity index (χ1n) is 7.03. The molecule has 0 bridgehead atoms. The summed E-state index contributed by atoms with van der Waals surface area (Å²) >= 11 is 0. The van der Waals surface area contributed by atoms with Gasteiger partial charge in [-0.2, -0.15) is 4.31 Å². The van der Waals surface area contributed by atoms with Crippen molar-refractivity contribution in [3.63, 3.8) is 0 Å². The molecule has 7 heteroatoms. The van der Waals surface area contributed by atoms with Gasteiger partial charge in [0.2, 0.25) is 15.9 Å². The lowest BCUT2D eigenvalue weighted by Gasteiger charge is -2.31. The lowest BCUT2D eigenvalue weighted by Crippen LogP contribution is -2.47. The molecular weight excluding hydrogens is 290 g/mol. The van der Waals surface area contributed by atoms with Gasteiger partial charge in [0, 0.05) is 31.9 Å². The Balaban J connectivity index is 1.92. The zero-order valence-corrected chi connectivity index (χ0v) is 13.0. The Morgan fingerprint density at radius 3 is 2.52 bits per heavy atom. The van der Waals surface area contributed by atoms with E-state index in [9.17, 15) is 13.2 Å². The molecular formula is C14H19N3O3S. The molecule has 1 saturated heterocycles. The summed E-state index contributed by atoms with van der Waals surface area (Å²) in [4.78, 5) is 14.0. The van der Waals surface area contributed by atoms with Gasteiger partial charge < -0.3 is 10.2 Å². The fraction of sp³-hybridized carbons (Fsp3) is 0.500. The van der Waals surface area contributed by atoms with Crippen molar-refractivity contribution < 1.29 is 13.2 Å². The lowest BCUT2D eigenvalue weighted by molar-refractivity contribution is -0.116. The number of carbonyl (C=O) groups excluding carboxylic acids is 1. The van der Waals surface area contributed by atoms with E-state index in [-0.39, 0.29) is 16.7 Å². The second-order valence-electron chi connectivity index (χ2n) is 5.67. The van der Waals surface area contributed by atoms with Gasteiger partial charge in [-0.25, -0.2) is 8.42 Å². The van der Waals surface area contributed by atoms with Crippen LogP contribution in [0.15, 0.2) is 23.1 Å². The largest absolute Gasteiger partial charge is 0.325 e. The van der Waals surface area contributed by atoms with Gasteiger partial charge in [-0.1, -0.05) is 0 Å². The number of rotatable bonds is 2. The summed E-state index contributed by atoms with van der Waals surface area (Å²) in [5.41, 5.74) is 1.47. The van der Waals surface area contributed by atoms with Crippen LogP contribution in [0.1, 0.15) is 18.4 Å². The molecule has 1 aromatic rings. The molecule has 0 saturated carbocycles. The predicted molar refractivity (Wildman–Crippen MR) is 79.7 cm³/mol. The third-order valence-corrected chi connectivity index (χ3v) is 6.14. The fourth-order valence-corrected chi connectivity index (χ4v) is 4.19. The summed E-state index contributed by atoms with van der Waals surface area (Å²) in [6, 6.07) is 4.88. The minimum Gasteiger partial charge on any atom is -0.325 e. The van der Waals surface area contributed by atoms with Crippen LogP contribution in [0.5, 0.6) is 0 Å². The number of piperazine rings is 1. The molecule has 0 aliphatic carbocycles. The van der Waals surface area contributed by atoms with Crippen molar-refractivity contribution >= 4 is 21.6 Å². The first-order chi connectivity index (χ1) is 9.89. The Hall–Kier alpha value is -1.44. The normalized spacial score (nSPS) is 23.9. The SMILES string of the molecule is CC1C(=O)Nc2ccc(S(=O)(=O)N3CCN(C)CC3)cc21. The highest BCUT2D eigenvalue weighted by atomic mass is 32.2. The van der Waals surface area contributed by atoms with Crippen molar-refractivity contribution in [2.75, 3.05) is 38.5 Å². The van der Waals surface area contributed by atoms with Crippen LogP contribution < -0.4 is 5.32 Å². The highest BCUT2D eigenvalue weighted by molar-refractivity contribution is 7.89. The van der Waals surface area contributed by atoms with Gasteiger partial charge in [-0.15, -0.1) is 0 Å². The summed E-state index contributed by atoms with van der Waals surface area (Å²) < 4.78 is 26.9. The number of nitrogens with one attached hydrogen (secondary N) is 1. The number of likely N-dealkylation sites (N-methyl/N-ethyl adjacent to an activating group) is 1. The second-order valence-corrected chi connectivity index (χ2v) is 7.61. The van der Waals surface area contributed by atoms with Crippen molar-refractivity contribution in [2.45, 2.75) is 17.7 Å². The van der Waals surface area contributed by atoms with Crippen molar-refractivity contribution in [2.24, 2.45) is 0 Å². The molecule has 1 unspecified atom stereocenters. The van der Waals surface area contributed by atoms with E-state index in [0.29, 0.717) is 18.8 Å². The molecule has 2 heterocycles. The third kappa shape index (κ3) is 2.45. The van der Waals surface area contributed by atoms with Crippen molar-refractivity contribution in [1.29, 1.82) is 0 Å². The average molecular weight is 309 g/mol. The highest BCUT2D eigenvalue weighted by Crippen LogP contribution is 2.34. The van der Waals surface area contributed by atoms with Gasteiger partial charge in [0.15, 0.2) is 0 Å². The average Bonchev–Trinajstić information content (AvgIpc) is 2.74. The van der Waals surface area contributed by atoms with Crippen LogP contribution in [0.25, 0.3) is 0 Å². The predicted octanol–water partition coefficient (Wildman–Crippen LogP) is 0.678. The monoisotopic (exact) mass is 309 g/mol. The molecule has 2 aliphatic heterocycles. The number of fused-ring (bicyclic) bond motifs is 1. The number of carbonyl (C=O) groups is 1. The summed E-state index contributed by atoms with van der Waals surface area (Å²) in [6.07, 6.45) is 0. The third-order valence-electron chi connectivity index (χ3n) is 4.24. The topological polar surface area (TPSA) is 69.7 Å². The maximum absolute atomic E-state index is 12.7. The molecule has 0 radical (unpaired) electrons. The van der Waals surface area contributed by atoms with Gasteiger partial charge in [0.1, 0.15) is 0 Å². The minimum absolute atomic E-state index is 0.0841. The Kier molecular flexibility index (Phi) is 3.51. The van der Waals surface area contributed by atoms with E-state index < -0.39 is 10.0 Å². The number of nitrogens with zero attached hydrogens (tertiary/aromatic N) is 2. The molecule has 1 atom stereocenters. The van der Waals surface area contributed by atoms with Crippen LogP contribution in [0.2, 0.25) is 0 Å². The number of sulfonamides is 1. The zero-order valence-electron chi connectivity index (χ0n) is 12.2. The van der Waals surface area contributed by atoms with Crippen LogP contribution in [-0.2, 0) is 14.8 Å². The molecule has 2 aliphatic rings. The first-order valence-corrected chi connectivity index (χ1v) is 8.47. The first kappa shape index (κ1) is 14.5. The van der Waals surface area contributed by atoms with Gasteiger partial charge >= 0.3 is 0 Å². The van der Waals surface area contributed by atoms with Crippen LogP contribution in [0, 0.1) is 0 Å². The quantitative estimate of drug-likeness (QED) is 0.872. The van der Waals surface area contributed by atoms with Crippen LogP contribution in [0.4, 0.5) is 5.69 Å². The molecule has 1 aromatic carbocycles. The van der Waals surface area contributed by atoms with Crippen LogP contribution in [0.3, 0.4) is 0 Å². The van der Waals surface area contributed by atoms with E-state index in [0.717, 1.165) is 18.7 Å². The van der Waals surface area contributed by atoms with E-state index >= 15 is 0 Å². The zero-order chi connectivity index (χ0) is 15.2. The molecule has 3 rings (SSSR count). The number of benzene rings is 1.